The third kappa shape index (κ3) is 2.62. The Morgan fingerprint density at radius 3 is 2.95 bits per heavy atom. The Hall–Kier alpha value is -1.98. The van der Waals surface area contributed by atoms with Crippen molar-refractivity contribution < 1.29 is 14.7 Å². The van der Waals surface area contributed by atoms with E-state index in [2.05, 4.69) is 11.9 Å². The summed E-state index contributed by atoms with van der Waals surface area (Å²) < 4.78 is 0. The van der Waals surface area contributed by atoms with Gasteiger partial charge < -0.3 is 5.11 Å². The van der Waals surface area contributed by atoms with Crippen LogP contribution >= 0.6 is 0 Å². The summed E-state index contributed by atoms with van der Waals surface area (Å²) in [4.78, 5) is 22.3. The number of rotatable bonds is 2. The van der Waals surface area contributed by atoms with E-state index in [0.29, 0.717) is 5.56 Å². The molecule has 0 aliphatic carbocycles. The number of amides is 1. The minimum absolute atomic E-state index is 0.161. The van der Waals surface area contributed by atoms with Gasteiger partial charge in [0.1, 0.15) is 12.7 Å². The SMILES string of the molecule is CCc1ccc2nc(C)cc(C(=O)N3CC(O)CO3)c2c1. The molecule has 1 fully saturated rings. The fourth-order valence-corrected chi connectivity index (χ4v) is 2.55. The molecular weight excluding hydrogens is 268 g/mol. The number of aromatic nitrogens is 1. The number of hydrogen-bond donors (Lipinski definition) is 1. The maximum Gasteiger partial charge on any atom is 0.278 e. The average molecular weight is 286 g/mol. The Bertz CT molecular complexity index is 699. The Morgan fingerprint density at radius 1 is 1.48 bits per heavy atom. The number of aryl methyl sites for hydroxylation is 2. The van der Waals surface area contributed by atoms with Crippen LogP contribution in [-0.4, -0.2) is 40.3 Å². The number of aliphatic hydroxyl groups is 1. The molecule has 0 saturated carbocycles. The first kappa shape index (κ1) is 14.0. The average Bonchev–Trinajstić information content (AvgIpc) is 2.91. The van der Waals surface area contributed by atoms with Crippen molar-refractivity contribution in [3.05, 3.63) is 41.1 Å². The van der Waals surface area contributed by atoms with E-state index in [9.17, 15) is 9.90 Å². The molecule has 110 valence electrons. The van der Waals surface area contributed by atoms with Crippen molar-refractivity contribution in [2.24, 2.45) is 0 Å². The van der Waals surface area contributed by atoms with Crippen molar-refractivity contribution in [1.82, 2.24) is 10.0 Å². The highest BCUT2D eigenvalue weighted by molar-refractivity contribution is 6.06. The van der Waals surface area contributed by atoms with Gasteiger partial charge in [0.25, 0.3) is 5.91 Å². The Kier molecular flexibility index (Phi) is 3.61. The third-order valence-corrected chi connectivity index (χ3v) is 3.67. The van der Waals surface area contributed by atoms with Crippen LogP contribution in [0.4, 0.5) is 0 Å². The molecule has 2 aromatic rings. The van der Waals surface area contributed by atoms with Crippen LogP contribution in [0.1, 0.15) is 28.5 Å². The second-order valence-corrected chi connectivity index (χ2v) is 5.33. The van der Waals surface area contributed by atoms with E-state index in [-0.39, 0.29) is 19.1 Å². The molecule has 3 rings (SSSR count). The van der Waals surface area contributed by atoms with Gasteiger partial charge in [0.05, 0.1) is 17.6 Å². The standard InChI is InChI=1S/C16H18N2O3/c1-3-11-4-5-15-13(7-11)14(6-10(2)17-15)16(20)18-8-12(19)9-21-18/h4-7,12,19H,3,8-9H2,1-2H3. The van der Waals surface area contributed by atoms with Crippen molar-refractivity contribution in [3.8, 4) is 0 Å². The predicted octanol–water partition coefficient (Wildman–Crippen LogP) is 1.85. The zero-order valence-corrected chi connectivity index (χ0v) is 12.2. The molecule has 1 amide bonds. The van der Waals surface area contributed by atoms with Gasteiger partial charge >= 0.3 is 0 Å². The summed E-state index contributed by atoms with van der Waals surface area (Å²) in [5.41, 5.74) is 3.32. The molecule has 1 aliphatic heterocycles. The van der Waals surface area contributed by atoms with Crippen LogP contribution in [0.2, 0.25) is 0 Å². The van der Waals surface area contributed by atoms with E-state index in [0.717, 1.165) is 28.6 Å². The monoisotopic (exact) mass is 286 g/mol. The number of hydroxylamine groups is 2. The van der Waals surface area contributed by atoms with Crippen molar-refractivity contribution >= 4 is 16.8 Å². The molecule has 1 aliphatic rings. The summed E-state index contributed by atoms with van der Waals surface area (Å²) >= 11 is 0. The molecule has 0 radical (unpaired) electrons. The van der Waals surface area contributed by atoms with Crippen molar-refractivity contribution in [3.63, 3.8) is 0 Å². The second-order valence-electron chi connectivity index (χ2n) is 5.33. The molecule has 1 N–H and O–H groups in total. The molecule has 0 bridgehead atoms. The lowest BCUT2D eigenvalue weighted by molar-refractivity contribution is -0.0778. The first-order valence-corrected chi connectivity index (χ1v) is 7.11. The summed E-state index contributed by atoms with van der Waals surface area (Å²) in [5.74, 6) is -0.227. The molecule has 1 atom stereocenters. The minimum Gasteiger partial charge on any atom is -0.389 e. The highest BCUT2D eigenvalue weighted by Gasteiger charge is 2.28. The minimum atomic E-state index is -0.616. The molecule has 2 heterocycles. The number of aliphatic hydroxyl groups excluding tert-OH is 1. The number of fused-ring (bicyclic) bond motifs is 1. The van der Waals surface area contributed by atoms with Gasteiger partial charge in [-0.15, -0.1) is 0 Å². The van der Waals surface area contributed by atoms with Crippen molar-refractivity contribution in [1.29, 1.82) is 0 Å². The van der Waals surface area contributed by atoms with Gasteiger partial charge in [-0.25, -0.2) is 5.06 Å². The summed E-state index contributed by atoms with van der Waals surface area (Å²) in [6, 6.07) is 7.75. The fraction of sp³-hybridized carbons (Fsp3) is 0.375. The van der Waals surface area contributed by atoms with Crippen LogP contribution in [0.5, 0.6) is 0 Å². The molecule has 5 nitrogen and oxygen atoms in total. The number of nitrogens with zero attached hydrogens (tertiary/aromatic N) is 2. The maximum absolute atomic E-state index is 12.6. The first-order chi connectivity index (χ1) is 10.1. The molecule has 1 aromatic heterocycles. The molecule has 0 spiro atoms. The van der Waals surface area contributed by atoms with Gasteiger partial charge in [0.2, 0.25) is 0 Å². The van der Waals surface area contributed by atoms with E-state index < -0.39 is 6.10 Å². The topological polar surface area (TPSA) is 62.7 Å². The summed E-state index contributed by atoms with van der Waals surface area (Å²) in [5, 5.41) is 11.6. The quantitative estimate of drug-likeness (QED) is 0.915. The lowest BCUT2D eigenvalue weighted by atomic mass is 10.0. The van der Waals surface area contributed by atoms with Crippen molar-refractivity contribution in [2.45, 2.75) is 26.4 Å². The van der Waals surface area contributed by atoms with Gasteiger partial charge in [0.15, 0.2) is 0 Å². The molecule has 1 unspecified atom stereocenters. The van der Waals surface area contributed by atoms with E-state index in [4.69, 9.17) is 4.84 Å². The summed E-state index contributed by atoms with van der Waals surface area (Å²) in [6.07, 6.45) is 0.283. The highest BCUT2D eigenvalue weighted by Crippen LogP contribution is 2.23. The summed E-state index contributed by atoms with van der Waals surface area (Å²) in [7, 11) is 0. The number of carbonyl (C=O) groups is 1. The second kappa shape index (κ2) is 5.42. The lowest BCUT2D eigenvalue weighted by Gasteiger charge is -2.16. The van der Waals surface area contributed by atoms with Crippen LogP contribution in [0, 0.1) is 6.92 Å². The van der Waals surface area contributed by atoms with E-state index in [1.807, 2.05) is 25.1 Å². The fourth-order valence-electron chi connectivity index (χ4n) is 2.55. The lowest BCUT2D eigenvalue weighted by Crippen LogP contribution is -2.28. The van der Waals surface area contributed by atoms with Crippen LogP contribution in [0.15, 0.2) is 24.3 Å². The van der Waals surface area contributed by atoms with Crippen LogP contribution in [-0.2, 0) is 11.3 Å². The van der Waals surface area contributed by atoms with E-state index >= 15 is 0 Å². The van der Waals surface area contributed by atoms with Gasteiger partial charge in [-0.05, 0) is 37.1 Å². The molecule has 21 heavy (non-hydrogen) atoms. The number of β-amino-alcohol motifs (C(OH)–C–C–N with tert-alkyl or cyclic N) is 1. The van der Waals surface area contributed by atoms with Crippen LogP contribution in [0.25, 0.3) is 10.9 Å². The largest absolute Gasteiger partial charge is 0.389 e. The van der Waals surface area contributed by atoms with Crippen LogP contribution in [0.3, 0.4) is 0 Å². The maximum atomic E-state index is 12.6. The smallest absolute Gasteiger partial charge is 0.278 e. The number of benzene rings is 1. The van der Waals surface area contributed by atoms with Gasteiger partial charge in [-0.3, -0.25) is 14.6 Å². The zero-order chi connectivity index (χ0) is 15.0. The Morgan fingerprint density at radius 2 is 2.29 bits per heavy atom. The number of hydrogen-bond acceptors (Lipinski definition) is 4. The predicted molar refractivity (Wildman–Crippen MR) is 78.9 cm³/mol. The first-order valence-electron chi connectivity index (χ1n) is 7.11. The van der Waals surface area contributed by atoms with E-state index in [1.54, 1.807) is 6.07 Å². The molecule has 5 heteroatoms. The third-order valence-electron chi connectivity index (χ3n) is 3.67. The van der Waals surface area contributed by atoms with Gasteiger partial charge in [-0.1, -0.05) is 13.0 Å². The van der Waals surface area contributed by atoms with Crippen LogP contribution < -0.4 is 0 Å². The number of pyridine rings is 1. The molecule has 1 aromatic carbocycles. The van der Waals surface area contributed by atoms with Crippen molar-refractivity contribution in [2.75, 3.05) is 13.2 Å². The van der Waals surface area contributed by atoms with Gasteiger partial charge in [-0.2, -0.15) is 0 Å². The van der Waals surface area contributed by atoms with E-state index in [1.165, 1.54) is 5.06 Å². The molecular formula is C16H18N2O3. The van der Waals surface area contributed by atoms with Gasteiger partial charge in [0, 0.05) is 11.1 Å². The summed E-state index contributed by atoms with van der Waals surface area (Å²) in [6.45, 7) is 4.30. The normalized spacial score (nSPS) is 18.4. The number of carbonyl (C=O) groups excluding carboxylic acids is 1. The highest BCUT2D eigenvalue weighted by atomic mass is 16.7. The zero-order valence-electron chi connectivity index (χ0n) is 12.2. The Labute approximate surface area is 123 Å². The molecule has 1 saturated heterocycles. The Balaban J connectivity index is 2.09.